The summed E-state index contributed by atoms with van der Waals surface area (Å²) in [4.78, 5) is 4.47. The highest BCUT2D eigenvalue weighted by atomic mass is 32.1. The van der Waals surface area contributed by atoms with Crippen molar-refractivity contribution in [2.75, 3.05) is 6.61 Å². The summed E-state index contributed by atoms with van der Waals surface area (Å²) in [5, 5.41) is 12.7. The minimum absolute atomic E-state index is 0.213. The molecule has 1 atom stereocenters. The molecule has 96 valence electrons. The van der Waals surface area contributed by atoms with Gasteiger partial charge in [-0.2, -0.15) is 0 Å². The van der Waals surface area contributed by atoms with E-state index in [0.29, 0.717) is 0 Å². The van der Waals surface area contributed by atoms with Crippen molar-refractivity contribution in [2.24, 2.45) is 5.92 Å². The summed E-state index contributed by atoms with van der Waals surface area (Å²) < 4.78 is 0. The first-order valence-corrected chi connectivity index (χ1v) is 7.12. The number of rotatable bonds is 5. The Morgan fingerprint density at radius 1 is 1.28 bits per heavy atom. The number of benzene rings is 1. The van der Waals surface area contributed by atoms with Gasteiger partial charge in [-0.3, -0.25) is 0 Å². The van der Waals surface area contributed by atoms with E-state index < -0.39 is 0 Å². The lowest BCUT2D eigenvalue weighted by atomic mass is 9.95. The average Bonchev–Trinajstić information content (AvgIpc) is 2.74. The van der Waals surface area contributed by atoms with Crippen LogP contribution in [0.25, 0.3) is 0 Å². The van der Waals surface area contributed by atoms with E-state index in [1.54, 1.807) is 11.3 Å². The third-order valence-corrected chi connectivity index (χ3v) is 3.85. The van der Waals surface area contributed by atoms with Gasteiger partial charge in [0.25, 0.3) is 0 Å². The average molecular weight is 261 g/mol. The molecule has 0 saturated carbocycles. The van der Waals surface area contributed by atoms with Crippen LogP contribution >= 0.6 is 11.3 Å². The summed E-state index contributed by atoms with van der Waals surface area (Å²) in [5.74, 6) is 0.258. The van der Waals surface area contributed by atoms with Crippen molar-refractivity contribution in [2.45, 2.75) is 26.7 Å². The molecule has 1 heterocycles. The minimum Gasteiger partial charge on any atom is -0.396 e. The van der Waals surface area contributed by atoms with Gasteiger partial charge >= 0.3 is 0 Å². The molecule has 0 saturated heterocycles. The van der Waals surface area contributed by atoms with Crippen LogP contribution in [0.1, 0.15) is 21.8 Å². The van der Waals surface area contributed by atoms with Crippen molar-refractivity contribution in [1.29, 1.82) is 0 Å². The molecule has 2 nitrogen and oxygen atoms in total. The van der Waals surface area contributed by atoms with Crippen LogP contribution in [0.4, 0.5) is 0 Å². The highest BCUT2D eigenvalue weighted by molar-refractivity contribution is 7.09. The fraction of sp³-hybridized carbons (Fsp3) is 0.400. The van der Waals surface area contributed by atoms with Gasteiger partial charge in [0.15, 0.2) is 0 Å². The third kappa shape index (κ3) is 3.65. The Kier molecular flexibility index (Phi) is 4.50. The lowest BCUT2D eigenvalue weighted by Gasteiger charge is -2.13. The quantitative estimate of drug-likeness (QED) is 0.897. The minimum atomic E-state index is 0.213. The first-order valence-electron chi connectivity index (χ1n) is 6.25. The molecular formula is C15H19NOS. The van der Waals surface area contributed by atoms with Crippen LogP contribution in [0.3, 0.4) is 0 Å². The molecule has 1 aromatic heterocycles. The van der Waals surface area contributed by atoms with E-state index in [1.165, 1.54) is 11.1 Å². The first kappa shape index (κ1) is 13.2. The summed E-state index contributed by atoms with van der Waals surface area (Å²) in [6, 6.07) is 8.49. The number of aryl methyl sites for hydroxylation is 2. The number of nitrogens with zero attached hydrogens (tertiary/aromatic N) is 1. The van der Waals surface area contributed by atoms with Crippen molar-refractivity contribution in [3.05, 3.63) is 51.5 Å². The van der Waals surface area contributed by atoms with E-state index in [2.05, 4.69) is 41.6 Å². The normalized spacial score (nSPS) is 12.6. The molecule has 18 heavy (non-hydrogen) atoms. The Morgan fingerprint density at radius 3 is 2.72 bits per heavy atom. The fourth-order valence-corrected chi connectivity index (χ4v) is 2.80. The van der Waals surface area contributed by atoms with Gasteiger partial charge in [-0.1, -0.05) is 29.8 Å². The van der Waals surface area contributed by atoms with Crippen LogP contribution in [0.15, 0.2) is 29.6 Å². The number of thiazole rings is 1. The number of aliphatic hydroxyl groups is 1. The zero-order valence-electron chi connectivity index (χ0n) is 10.9. The molecule has 1 N–H and O–H groups in total. The summed E-state index contributed by atoms with van der Waals surface area (Å²) in [7, 11) is 0. The largest absolute Gasteiger partial charge is 0.396 e. The van der Waals surface area contributed by atoms with E-state index in [-0.39, 0.29) is 12.5 Å². The van der Waals surface area contributed by atoms with Crippen LogP contribution in [-0.4, -0.2) is 16.7 Å². The van der Waals surface area contributed by atoms with Crippen LogP contribution in [0, 0.1) is 19.8 Å². The van der Waals surface area contributed by atoms with Gasteiger partial charge < -0.3 is 5.11 Å². The van der Waals surface area contributed by atoms with E-state index in [1.807, 2.05) is 6.92 Å². The standard InChI is InChI=1S/C15H19NOS/c1-11-4-3-5-13(6-11)7-14(9-17)8-15-10-18-12(2)16-15/h3-6,10,14,17H,7-9H2,1-2H3. The number of aromatic nitrogens is 1. The van der Waals surface area contributed by atoms with E-state index in [9.17, 15) is 5.11 Å². The van der Waals surface area contributed by atoms with Crippen molar-refractivity contribution in [3.63, 3.8) is 0 Å². The number of hydrogen-bond acceptors (Lipinski definition) is 3. The van der Waals surface area contributed by atoms with Gasteiger partial charge in [0.1, 0.15) is 0 Å². The fourth-order valence-electron chi connectivity index (χ4n) is 2.17. The predicted octanol–water partition coefficient (Wildman–Crippen LogP) is 3.15. The molecule has 0 spiro atoms. The molecule has 0 bridgehead atoms. The Morgan fingerprint density at radius 2 is 2.11 bits per heavy atom. The van der Waals surface area contributed by atoms with Crippen molar-refractivity contribution < 1.29 is 5.11 Å². The molecule has 0 aliphatic carbocycles. The maximum Gasteiger partial charge on any atom is 0.0897 e. The van der Waals surface area contributed by atoms with Gasteiger partial charge in [0.05, 0.1) is 10.7 Å². The molecule has 2 rings (SSSR count). The zero-order valence-corrected chi connectivity index (χ0v) is 11.7. The highest BCUT2D eigenvalue weighted by Crippen LogP contribution is 2.17. The van der Waals surface area contributed by atoms with Crippen LogP contribution in [-0.2, 0) is 12.8 Å². The van der Waals surface area contributed by atoms with Gasteiger partial charge in [0.2, 0.25) is 0 Å². The Hall–Kier alpha value is -1.19. The molecule has 0 fully saturated rings. The van der Waals surface area contributed by atoms with E-state index in [0.717, 1.165) is 23.5 Å². The van der Waals surface area contributed by atoms with Crippen molar-refractivity contribution >= 4 is 11.3 Å². The zero-order chi connectivity index (χ0) is 13.0. The number of hydrogen-bond donors (Lipinski definition) is 1. The third-order valence-electron chi connectivity index (χ3n) is 3.03. The second-order valence-electron chi connectivity index (χ2n) is 4.80. The molecular weight excluding hydrogens is 242 g/mol. The number of aliphatic hydroxyl groups excluding tert-OH is 1. The smallest absolute Gasteiger partial charge is 0.0897 e. The SMILES string of the molecule is Cc1cccc(CC(CO)Cc2csc(C)n2)c1. The van der Waals surface area contributed by atoms with E-state index in [4.69, 9.17) is 0 Å². The summed E-state index contributed by atoms with van der Waals surface area (Å²) >= 11 is 1.67. The lowest BCUT2D eigenvalue weighted by molar-refractivity contribution is 0.224. The maximum atomic E-state index is 9.50. The van der Waals surface area contributed by atoms with Gasteiger partial charge in [-0.25, -0.2) is 4.98 Å². The second-order valence-corrected chi connectivity index (χ2v) is 5.87. The first-order chi connectivity index (χ1) is 8.67. The molecule has 1 unspecified atom stereocenters. The van der Waals surface area contributed by atoms with Crippen LogP contribution in [0.5, 0.6) is 0 Å². The summed E-state index contributed by atoms with van der Waals surface area (Å²) in [6.07, 6.45) is 1.77. The van der Waals surface area contributed by atoms with Crippen LogP contribution < -0.4 is 0 Å². The molecule has 2 aromatic rings. The maximum absolute atomic E-state index is 9.50. The van der Waals surface area contributed by atoms with Gasteiger partial charge in [-0.05, 0) is 38.2 Å². The molecule has 0 aliphatic heterocycles. The Bertz CT molecular complexity index is 507. The Labute approximate surface area is 112 Å². The molecule has 1 aromatic carbocycles. The molecule has 0 amide bonds. The second kappa shape index (κ2) is 6.12. The molecule has 0 aliphatic rings. The van der Waals surface area contributed by atoms with Crippen LogP contribution in [0.2, 0.25) is 0 Å². The van der Waals surface area contributed by atoms with E-state index >= 15 is 0 Å². The predicted molar refractivity (Wildman–Crippen MR) is 76.0 cm³/mol. The van der Waals surface area contributed by atoms with Gasteiger partial charge in [0, 0.05) is 12.0 Å². The summed E-state index contributed by atoms with van der Waals surface area (Å²) in [5.41, 5.74) is 3.67. The Balaban J connectivity index is 2.01. The topological polar surface area (TPSA) is 33.1 Å². The van der Waals surface area contributed by atoms with Crippen molar-refractivity contribution in [1.82, 2.24) is 4.98 Å². The monoisotopic (exact) mass is 261 g/mol. The molecule has 3 heteroatoms. The van der Waals surface area contributed by atoms with Gasteiger partial charge in [-0.15, -0.1) is 11.3 Å². The van der Waals surface area contributed by atoms with Crippen molar-refractivity contribution in [3.8, 4) is 0 Å². The summed E-state index contributed by atoms with van der Waals surface area (Å²) in [6.45, 7) is 4.33. The lowest BCUT2D eigenvalue weighted by Crippen LogP contribution is -2.13. The molecule has 0 radical (unpaired) electrons. The highest BCUT2D eigenvalue weighted by Gasteiger charge is 2.11.